The van der Waals surface area contributed by atoms with Crippen molar-refractivity contribution < 1.29 is 4.42 Å². The SMILES string of the molecule is C/C=C\C(=C/C)n1c2ccccc2c2cc(-c3ccc4c(c3)c3cc(-c5ccc6oc7c(-c8nc(-c9ccccc9)nc(-c9ccccc9)n8)cccc7c6c5)ccc3n4-c3ccccc3)ccc21. The van der Waals surface area contributed by atoms with Crippen molar-refractivity contribution >= 4 is 71.2 Å². The van der Waals surface area contributed by atoms with Crippen LogP contribution in [0.1, 0.15) is 13.8 Å². The van der Waals surface area contributed by atoms with Gasteiger partial charge in [0.2, 0.25) is 0 Å². The fourth-order valence-electron chi connectivity index (χ4n) is 10.2. The quantitative estimate of drug-likeness (QED) is 0.143. The van der Waals surface area contributed by atoms with Crippen molar-refractivity contribution in [2.75, 3.05) is 0 Å². The second-order valence-electron chi connectivity index (χ2n) is 17.5. The van der Waals surface area contributed by atoms with Crippen molar-refractivity contribution in [2.45, 2.75) is 13.8 Å². The molecule has 0 fully saturated rings. The van der Waals surface area contributed by atoms with E-state index in [1.54, 1.807) is 0 Å². The van der Waals surface area contributed by atoms with Gasteiger partial charge in [0.25, 0.3) is 0 Å². The first-order chi connectivity index (χ1) is 34.1. The molecule has 0 aliphatic carbocycles. The van der Waals surface area contributed by atoms with Gasteiger partial charge in [0, 0.05) is 54.8 Å². The van der Waals surface area contributed by atoms with Gasteiger partial charge in [-0.25, -0.2) is 15.0 Å². The number of hydrogen-bond acceptors (Lipinski definition) is 4. The molecular weight excluding hydrogens is 843 g/mol. The molecule has 326 valence electrons. The molecule has 0 saturated heterocycles. The summed E-state index contributed by atoms with van der Waals surface area (Å²) in [4.78, 5) is 15.0. The molecule has 0 unspecified atom stereocenters. The second-order valence-corrected chi connectivity index (χ2v) is 17.5. The Morgan fingerprint density at radius 3 is 1.51 bits per heavy atom. The van der Waals surface area contributed by atoms with Gasteiger partial charge in [-0.3, -0.25) is 0 Å². The highest BCUT2D eigenvalue weighted by Crippen LogP contribution is 2.42. The third kappa shape index (κ3) is 6.68. The van der Waals surface area contributed by atoms with Crippen molar-refractivity contribution in [2.24, 2.45) is 0 Å². The molecule has 13 aromatic rings. The summed E-state index contributed by atoms with van der Waals surface area (Å²) >= 11 is 0. The van der Waals surface area contributed by atoms with Gasteiger partial charge in [-0.1, -0.05) is 146 Å². The van der Waals surface area contributed by atoms with E-state index in [9.17, 15) is 0 Å². The van der Waals surface area contributed by atoms with E-state index in [0.29, 0.717) is 17.5 Å². The summed E-state index contributed by atoms with van der Waals surface area (Å²) in [5.41, 5.74) is 15.8. The monoisotopic (exact) mass is 885 g/mol. The van der Waals surface area contributed by atoms with E-state index in [1.165, 1.54) is 43.7 Å². The molecule has 0 aliphatic rings. The van der Waals surface area contributed by atoms with E-state index in [-0.39, 0.29) is 0 Å². The predicted octanol–water partition coefficient (Wildman–Crippen LogP) is 16.7. The van der Waals surface area contributed by atoms with Gasteiger partial charge in [-0.2, -0.15) is 0 Å². The highest BCUT2D eigenvalue weighted by molar-refractivity contribution is 6.15. The highest BCUT2D eigenvalue weighted by atomic mass is 16.3. The molecule has 0 saturated carbocycles. The lowest BCUT2D eigenvalue weighted by Crippen LogP contribution is -2.00. The first kappa shape index (κ1) is 40.2. The average Bonchev–Trinajstić information content (AvgIpc) is 4.07. The minimum absolute atomic E-state index is 0.561. The van der Waals surface area contributed by atoms with E-state index in [4.69, 9.17) is 19.4 Å². The predicted molar refractivity (Wildman–Crippen MR) is 286 cm³/mol. The average molecular weight is 886 g/mol. The van der Waals surface area contributed by atoms with Crippen LogP contribution >= 0.6 is 0 Å². The minimum Gasteiger partial charge on any atom is -0.455 e. The number of aromatic nitrogens is 5. The van der Waals surface area contributed by atoms with Crippen LogP contribution in [0.5, 0.6) is 0 Å². The lowest BCUT2D eigenvalue weighted by molar-refractivity contribution is 0.669. The first-order valence-corrected chi connectivity index (χ1v) is 23.4. The normalized spacial score (nSPS) is 12.2. The molecule has 6 heteroatoms. The Hall–Kier alpha value is -9.13. The maximum atomic E-state index is 6.72. The summed E-state index contributed by atoms with van der Waals surface area (Å²) in [5.74, 6) is 1.78. The summed E-state index contributed by atoms with van der Waals surface area (Å²) in [5, 5.41) is 6.89. The van der Waals surface area contributed by atoms with Crippen LogP contribution in [-0.4, -0.2) is 24.1 Å². The Kier molecular flexibility index (Phi) is 9.51. The lowest BCUT2D eigenvalue weighted by atomic mass is 9.98. The maximum absolute atomic E-state index is 6.72. The van der Waals surface area contributed by atoms with Crippen LogP contribution in [0.4, 0.5) is 0 Å². The zero-order valence-electron chi connectivity index (χ0n) is 38.0. The minimum atomic E-state index is 0.561. The van der Waals surface area contributed by atoms with E-state index < -0.39 is 0 Å². The smallest absolute Gasteiger partial charge is 0.167 e. The third-order valence-corrected chi connectivity index (χ3v) is 13.4. The Bertz CT molecular complexity index is 4140. The number of fused-ring (bicyclic) bond motifs is 9. The van der Waals surface area contributed by atoms with Crippen molar-refractivity contribution in [3.63, 3.8) is 0 Å². The van der Waals surface area contributed by atoms with Gasteiger partial charge >= 0.3 is 0 Å². The van der Waals surface area contributed by atoms with Crippen LogP contribution in [0.15, 0.2) is 229 Å². The Labute approximate surface area is 398 Å². The number of hydrogen-bond donors (Lipinski definition) is 0. The van der Waals surface area contributed by atoms with Crippen LogP contribution < -0.4 is 0 Å². The molecule has 9 aromatic carbocycles. The summed E-state index contributed by atoms with van der Waals surface area (Å²) in [6.07, 6.45) is 6.46. The largest absolute Gasteiger partial charge is 0.455 e. The third-order valence-electron chi connectivity index (χ3n) is 13.4. The molecule has 69 heavy (non-hydrogen) atoms. The number of para-hydroxylation sites is 3. The van der Waals surface area contributed by atoms with E-state index in [0.717, 1.165) is 72.2 Å². The molecule has 0 radical (unpaired) electrons. The van der Waals surface area contributed by atoms with E-state index in [1.807, 2.05) is 66.7 Å². The van der Waals surface area contributed by atoms with Gasteiger partial charge in [-0.05, 0) is 115 Å². The zero-order chi connectivity index (χ0) is 46.0. The Morgan fingerprint density at radius 2 is 0.899 bits per heavy atom. The summed E-state index contributed by atoms with van der Waals surface area (Å²) < 4.78 is 11.5. The van der Waals surface area contributed by atoms with E-state index in [2.05, 4.69) is 181 Å². The van der Waals surface area contributed by atoms with Crippen LogP contribution in [0.3, 0.4) is 0 Å². The fraction of sp³-hybridized carbons (Fsp3) is 0.0317. The van der Waals surface area contributed by atoms with Gasteiger partial charge < -0.3 is 13.6 Å². The van der Waals surface area contributed by atoms with Crippen molar-refractivity contribution in [1.82, 2.24) is 24.1 Å². The molecule has 0 bridgehead atoms. The van der Waals surface area contributed by atoms with Crippen LogP contribution in [-0.2, 0) is 0 Å². The molecule has 0 amide bonds. The van der Waals surface area contributed by atoms with Crippen LogP contribution in [0, 0.1) is 0 Å². The van der Waals surface area contributed by atoms with Gasteiger partial charge in [0.15, 0.2) is 17.5 Å². The standard InChI is InChI=1S/C63H43N5O/c1-3-17-46(4-2)67-55-27-15-14-24-48(55)51-36-42(28-32-56(51)67)43-29-33-57-52(37-43)53-38-44(30-34-58(53)68(57)47-22-12-7-13-23-47)45-31-35-59-54(39-45)49-25-16-26-50(60(49)69-59)63-65-61(40-18-8-5-9-19-40)64-62(66-63)41-20-10-6-11-21-41/h3-39H,1-2H3/b17-3-,46-4+. The van der Waals surface area contributed by atoms with Crippen LogP contribution in [0.2, 0.25) is 0 Å². The van der Waals surface area contributed by atoms with Gasteiger partial charge in [0.05, 0.1) is 27.6 Å². The zero-order valence-corrected chi connectivity index (χ0v) is 38.0. The second kappa shape index (κ2) is 16.3. The van der Waals surface area contributed by atoms with Gasteiger partial charge in [0.1, 0.15) is 11.2 Å². The molecule has 13 rings (SSSR count). The van der Waals surface area contributed by atoms with E-state index >= 15 is 0 Å². The molecule has 0 spiro atoms. The lowest BCUT2D eigenvalue weighted by Gasteiger charge is -2.10. The topological polar surface area (TPSA) is 61.7 Å². The Morgan fingerprint density at radius 1 is 0.406 bits per heavy atom. The molecule has 4 aromatic heterocycles. The maximum Gasteiger partial charge on any atom is 0.167 e. The van der Waals surface area contributed by atoms with Crippen LogP contribution in [0.25, 0.3) is 133 Å². The van der Waals surface area contributed by atoms with Crippen molar-refractivity contribution in [3.05, 3.63) is 224 Å². The first-order valence-electron chi connectivity index (χ1n) is 23.4. The van der Waals surface area contributed by atoms with Crippen molar-refractivity contribution in [3.8, 4) is 62.1 Å². The fourth-order valence-corrected chi connectivity index (χ4v) is 10.2. The summed E-state index contributed by atoms with van der Waals surface area (Å²) in [7, 11) is 0. The van der Waals surface area contributed by atoms with Crippen molar-refractivity contribution in [1.29, 1.82) is 0 Å². The summed E-state index contributed by atoms with van der Waals surface area (Å²) in [6.45, 7) is 4.17. The highest BCUT2D eigenvalue weighted by Gasteiger charge is 2.20. The number of benzene rings is 9. The molecular formula is C63H43N5O. The number of allylic oxidation sites excluding steroid dienone is 4. The molecule has 0 N–H and O–H groups in total. The Balaban J connectivity index is 0.949. The summed E-state index contributed by atoms with van der Waals surface area (Å²) in [6, 6.07) is 72.9. The molecule has 0 atom stereocenters. The van der Waals surface area contributed by atoms with Gasteiger partial charge in [-0.15, -0.1) is 0 Å². The molecule has 6 nitrogen and oxygen atoms in total. The molecule has 0 aliphatic heterocycles. The number of nitrogens with zero attached hydrogens (tertiary/aromatic N) is 5. The number of rotatable bonds is 8. The molecule has 4 heterocycles. The number of furan rings is 1.